The molecule has 17 heavy (non-hydrogen) atoms. The summed E-state index contributed by atoms with van der Waals surface area (Å²) in [5, 5.41) is 8.83. The summed E-state index contributed by atoms with van der Waals surface area (Å²) in [6, 6.07) is 0. The molecule has 1 unspecified atom stereocenters. The van der Waals surface area contributed by atoms with E-state index in [2.05, 4.69) is 0 Å². The molecular formula is C11H21NO5. The van der Waals surface area contributed by atoms with Gasteiger partial charge in [-0.05, 0) is 27.7 Å². The summed E-state index contributed by atoms with van der Waals surface area (Å²) in [5.41, 5.74) is -0.601. The number of carboxylic acid groups (broad SMARTS) is 1. The van der Waals surface area contributed by atoms with E-state index in [1.54, 1.807) is 27.7 Å². The standard InChI is InChI=1S/C11H21NO5/c1-6-12(7-8(16-5)9(13)14)10(15)17-11(2,3)4/h8H,6-7H2,1-5H3,(H,13,14). The first-order valence-electron chi connectivity index (χ1n) is 5.44. The minimum absolute atomic E-state index is 0.0305. The number of carboxylic acids is 1. The molecule has 1 amide bonds. The lowest BCUT2D eigenvalue weighted by Crippen LogP contribution is -2.43. The molecule has 0 rings (SSSR count). The van der Waals surface area contributed by atoms with Crippen molar-refractivity contribution in [2.24, 2.45) is 0 Å². The summed E-state index contributed by atoms with van der Waals surface area (Å²) >= 11 is 0. The lowest BCUT2D eigenvalue weighted by molar-refractivity contribution is -0.149. The van der Waals surface area contributed by atoms with Gasteiger partial charge in [-0.2, -0.15) is 0 Å². The highest BCUT2D eigenvalue weighted by Crippen LogP contribution is 2.10. The van der Waals surface area contributed by atoms with Gasteiger partial charge in [0.15, 0.2) is 6.10 Å². The van der Waals surface area contributed by atoms with Crippen LogP contribution in [0.2, 0.25) is 0 Å². The van der Waals surface area contributed by atoms with Crippen LogP contribution in [0.5, 0.6) is 0 Å². The molecule has 0 saturated carbocycles. The molecular weight excluding hydrogens is 226 g/mol. The van der Waals surface area contributed by atoms with Crippen molar-refractivity contribution in [3.05, 3.63) is 0 Å². The van der Waals surface area contributed by atoms with Crippen molar-refractivity contribution in [3.8, 4) is 0 Å². The van der Waals surface area contributed by atoms with Gasteiger partial charge in [-0.3, -0.25) is 0 Å². The quantitative estimate of drug-likeness (QED) is 0.793. The van der Waals surface area contributed by atoms with Crippen LogP contribution in [0.3, 0.4) is 0 Å². The molecule has 0 aliphatic carbocycles. The van der Waals surface area contributed by atoms with Gasteiger partial charge >= 0.3 is 12.1 Å². The van der Waals surface area contributed by atoms with Gasteiger partial charge in [0.1, 0.15) is 5.60 Å². The van der Waals surface area contributed by atoms with Crippen LogP contribution in [0.25, 0.3) is 0 Å². The number of nitrogens with zero attached hydrogens (tertiary/aromatic N) is 1. The predicted octanol–water partition coefficient (Wildman–Crippen LogP) is 1.34. The van der Waals surface area contributed by atoms with Crippen LogP contribution in [-0.2, 0) is 14.3 Å². The number of hydrogen-bond donors (Lipinski definition) is 1. The van der Waals surface area contributed by atoms with E-state index < -0.39 is 23.8 Å². The second kappa shape index (κ2) is 6.44. The number of ether oxygens (including phenoxy) is 2. The van der Waals surface area contributed by atoms with Gasteiger partial charge < -0.3 is 19.5 Å². The molecule has 0 heterocycles. The van der Waals surface area contributed by atoms with Crippen molar-refractivity contribution in [2.45, 2.75) is 39.4 Å². The van der Waals surface area contributed by atoms with E-state index in [4.69, 9.17) is 14.6 Å². The third kappa shape index (κ3) is 6.11. The van der Waals surface area contributed by atoms with E-state index in [1.165, 1.54) is 12.0 Å². The molecule has 6 nitrogen and oxygen atoms in total. The van der Waals surface area contributed by atoms with Crippen LogP contribution >= 0.6 is 0 Å². The Morgan fingerprint density at radius 3 is 2.18 bits per heavy atom. The zero-order valence-electron chi connectivity index (χ0n) is 11.0. The Morgan fingerprint density at radius 2 is 1.88 bits per heavy atom. The van der Waals surface area contributed by atoms with Crippen LogP contribution in [0.1, 0.15) is 27.7 Å². The molecule has 1 atom stereocenters. The maximum atomic E-state index is 11.7. The van der Waals surface area contributed by atoms with Crippen LogP contribution < -0.4 is 0 Å². The second-order valence-electron chi connectivity index (χ2n) is 4.58. The molecule has 0 radical (unpaired) electrons. The van der Waals surface area contributed by atoms with Gasteiger partial charge in [-0.15, -0.1) is 0 Å². The van der Waals surface area contributed by atoms with Crippen molar-refractivity contribution in [1.82, 2.24) is 4.90 Å². The summed E-state index contributed by atoms with van der Waals surface area (Å²) in [6.07, 6.45) is -1.58. The van der Waals surface area contributed by atoms with Gasteiger partial charge in [0.2, 0.25) is 0 Å². The second-order valence-corrected chi connectivity index (χ2v) is 4.58. The minimum Gasteiger partial charge on any atom is -0.479 e. The maximum absolute atomic E-state index is 11.7. The molecule has 0 bridgehead atoms. The minimum atomic E-state index is -1.10. The Hall–Kier alpha value is -1.30. The number of aliphatic carboxylic acids is 1. The first kappa shape index (κ1) is 15.7. The summed E-state index contributed by atoms with van der Waals surface area (Å²) in [7, 11) is 1.29. The molecule has 0 aromatic rings. The zero-order valence-corrected chi connectivity index (χ0v) is 11.0. The highest BCUT2D eigenvalue weighted by molar-refractivity contribution is 5.74. The van der Waals surface area contributed by atoms with Crippen molar-refractivity contribution < 1.29 is 24.2 Å². The fourth-order valence-electron chi connectivity index (χ4n) is 1.11. The molecule has 0 saturated heterocycles. The Morgan fingerprint density at radius 1 is 1.35 bits per heavy atom. The first-order chi connectivity index (χ1) is 7.71. The lowest BCUT2D eigenvalue weighted by Gasteiger charge is -2.27. The Balaban J connectivity index is 4.51. The smallest absolute Gasteiger partial charge is 0.410 e. The van der Waals surface area contributed by atoms with Gasteiger partial charge in [-0.25, -0.2) is 9.59 Å². The van der Waals surface area contributed by atoms with Crippen LogP contribution in [0, 0.1) is 0 Å². The van der Waals surface area contributed by atoms with E-state index >= 15 is 0 Å². The van der Waals surface area contributed by atoms with E-state index in [9.17, 15) is 9.59 Å². The molecule has 0 aliphatic heterocycles. The monoisotopic (exact) mass is 247 g/mol. The van der Waals surface area contributed by atoms with E-state index in [-0.39, 0.29) is 6.54 Å². The Bertz CT molecular complexity index is 272. The summed E-state index contributed by atoms with van der Waals surface area (Å²) in [5.74, 6) is -1.10. The van der Waals surface area contributed by atoms with Crippen LogP contribution in [-0.4, -0.2) is 54.0 Å². The van der Waals surface area contributed by atoms with Crippen molar-refractivity contribution in [3.63, 3.8) is 0 Å². The first-order valence-corrected chi connectivity index (χ1v) is 5.44. The molecule has 6 heteroatoms. The predicted molar refractivity (Wildman–Crippen MR) is 61.9 cm³/mol. The number of likely N-dealkylation sites (N-methyl/N-ethyl adjacent to an activating group) is 1. The largest absolute Gasteiger partial charge is 0.479 e. The average Bonchev–Trinajstić information content (AvgIpc) is 2.15. The summed E-state index contributed by atoms with van der Waals surface area (Å²) in [6.45, 7) is 7.34. The zero-order chi connectivity index (χ0) is 13.6. The number of hydrogen-bond acceptors (Lipinski definition) is 4. The topological polar surface area (TPSA) is 76.1 Å². The maximum Gasteiger partial charge on any atom is 0.410 e. The number of methoxy groups -OCH3 is 1. The van der Waals surface area contributed by atoms with Gasteiger partial charge in [0, 0.05) is 13.7 Å². The summed E-state index contributed by atoms with van der Waals surface area (Å²) in [4.78, 5) is 23.8. The van der Waals surface area contributed by atoms with Gasteiger partial charge in [0.25, 0.3) is 0 Å². The van der Waals surface area contributed by atoms with Gasteiger partial charge in [-0.1, -0.05) is 0 Å². The third-order valence-electron chi connectivity index (χ3n) is 1.98. The number of carbonyl (C=O) groups excluding carboxylic acids is 1. The van der Waals surface area contributed by atoms with Gasteiger partial charge in [0.05, 0.1) is 6.54 Å². The normalized spacial score (nSPS) is 13.0. The van der Waals surface area contributed by atoms with Crippen molar-refractivity contribution in [2.75, 3.05) is 20.2 Å². The number of rotatable bonds is 5. The van der Waals surface area contributed by atoms with Crippen LogP contribution in [0.15, 0.2) is 0 Å². The van der Waals surface area contributed by atoms with Crippen molar-refractivity contribution >= 4 is 12.1 Å². The molecule has 100 valence electrons. The van der Waals surface area contributed by atoms with E-state index in [0.717, 1.165) is 0 Å². The Labute approximate surface area is 101 Å². The average molecular weight is 247 g/mol. The number of carbonyl (C=O) groups is 2. The molecule has 0 fully saturated rings. The van der Waals surface area contributed by atoms with Crippen LogP contribution in [0.4, 0.5) is 4.79 Å². The lowest BCUT2D eigenvalue weighted by atomic mass is 10.2. The molecule has 0 aliphatic rings. The third-order valence-corrected chi connectivity index (χ3v) is 1.98. The highest BCUT2D eigenvalue weighted by atomic mass is 16.6. The SMILES string of the molecule is CCN(CC(OC)C(=O)O)C(=O)OC(C)(C)C. The van der Waals surface area contributed by atoms with E-state index in [0.29, 0.717) is 6.54 Å². The number of amides is 1. The summed E-state index contributed by atoms with van der Waals surface area (Å²) < 4.78 is 9.93. The molecule has 1 N–H and O–H groups in total. The Kier molecular flexibility index (Phi) is 5.95. The van der Waals surface area contributed by atoms with E-state index in [1.807, 2.05) is 0 Å². The fourth-order valence-corrected chi connectivity index (χ4v) is 1.11. The molecule has 0 spiro atoms. The highest BCUT2D eigenvalue weighted by Gasteiger charge is 2.26. The molecule has 0 aromatic carbocycles. The van der Waals surface area contributed by atoms with Crippen molar-refractivity contribution in [1.29, 1.82) is 0 Å². The molecule has 0 aromatic heterocycles. The fraction of sp³-hybridized carbons (Fsp3) is 0.818.